The molecule has 0 saturated carbocycles. The van der Waals surface area contributed by atoms with Crippen LogP contribution in [-0.2, 0) is 0 Å². The lowest BCUT2D eigenvalue weighted by Crippen LogP contribution is -2.09. The first kappa shape index (κ1) is 18.6. The zero-order valence-corrected chi connectivity index (χ0v) is 17.8. The summed E-state index contributed by atoms with van der Waals surface area (Å²) in [5.41, 5.74) is 5.93. The maximum Gasteiger partial charge on any atom is 0.163 e. The van der Waals surface area contributed by atoms with E-state index >= 15 is 0 Å². The van der Waals surface area contributed by atoms with E-state index in [9.17, 15) is 0 Å². The Labute approximate surface area is 176 Å². The molecule has 2 aromatic carbocycles. The summed E-state index contributed by atoms with van der Waals surface area (Å²) in [6, 6.07) is 18.5. The Morgan fingerprint density at radius 1 is 0.833 bits per heavy atom. The molecule has 0 saturated heterocycles. The SMILES string of the molecule is CC(C)c1nc(C(C)C)c2c(oc3ccccc32)c1-n1ccnc1-c1ccccc1. The standard InChI is InChI=1S/C26H25N3O/c1-16(2)22-21-19-12-8-9-13-20(19)30-25(21)24(23(28-22)17(3)4)29-15-14-27-26(29)18-10-6-5-7-11-18/h5-17H,1-4H3. The molecule has 0 radical (unpaired) electrons. The number of hydrogen-bond acceptors (Lipinski definition) is 3. The van der Waals surface area contributed by atoms with Crippen LogP contribution in [0.1, 0.15) is 50.9 Å². The lowest BCUT2D eigenvalue weighted by molar-refractivity contribution is 0.658. The number of imidazole rings is 1. The summed E-state index contributed by atoms with van der Waals surface area (Å²) >= 11 is 0. The first-order chi connectivity index (χ1) is 14.6. The predicted molar refractivity (Wildman–Crippen MR) is 122 cm³/mol. The molecule has 0 unspecified atom stereocenters. The van der Waals surface area contributed by atoms with Crippen molar-refractivity contribution >= 4 is 21.9 Å². The molecule has 0 fully saturated rings. The van der Waals surface area contributed by atoms with Crippen LogP contribution in [-0.4, -0.2) is 14.5 Å². The molecule has 0 N–H and O–H groups in total. The zero-order chi connectivity index (χ0) is 20.8. The van der Waals surface area contributed by atoms with Gasteiger partial charge in [-0.3, -0.25) is 9.55 Å². The van der Waals surface area contributed by atoms with Gasteiger partial charge in [-0.2, -0.15) is 0 Å². The van der Waals surface area contributed by atoms with Gasteiger partial charge in [0.1, 0.15) is 17.1 Å². The Balaban J connectivity index is 1.93. The van der Waals surface area contributed by atoms with Crippen molar-refractivity contribution in [2.45, 2.75) is 39.5 Å². The number of furan rings is 1. The highest BCUT2D eigenvalue weighted by Gasteiger charge is 2.25. The molecule has 0 spiro atoms. The number of pyridine rings is 1. The summed E-state index contributed by atoms with van der Waals surface area (Å²) in [5, 5.41) is 2.22. The van der Waals surface area contributed by atoms with Gasteiger partial charge in [-0.05, 0) is 17.9 Å². The molecule has 4 heteroatoms. The summed E-state index contributed by atoms with van der Waals surface area (Å²) in [6.45, 7) is 8.76. The predicted octanol–water partition coefficient (Wildman–Crippen LogP) is 7.08. The van der Waals surface area contributed by atoms with E-state index in [0.717, 1.165) is 50.4 Å². The van der Waals surface area contributed by atoms with Crippen LogP contribution in [0.4, 0.5) is 0 Å². The molecule has 30 heavy (non-hydrogen) atoms. The van der Waals surface area contributed by atoms with Gasteiger partial charge in [0.2, 0.25) is 0 Å². The Kier molecular flexibility index (Phi) is 4.43. The van der Waals surface area contributed by atoms with Crippen molar-refractivity contribution < 1.29 is 4.42 Å². The van der Waals surface area contributed by atoms with Crippen molar-refractivity contribution in [2.75, 3.05) is 0 Å². The average Bonchev–Trinajstić information content (AvgIpc) is 3.38. The third-order valence-corrected chi connectivity index (χ3v) is 5.56. The minimum Gasteiger partial charge on any atom is -0.454 e. The fourth-order valence-electron chi connectivity index (χ4n) is 4.16. The van der Waals surface area contributed by atoms with Gasteiger partial charge in [0.15, 0.2) is 5.58 Å². The highest BCUT2D eigenvalue weighted by molar-refractivity contribution is 6.09. The van der Waals surface area contributed by atoms with E-state index in [-0.39, 0.29) is 11.8 Å². The van der Waals surface area contributed by atoms with Crippen LogP contribution >= 0.6 is 0 Å². The number of benzene rings is 2. The van der Waals surface area contributed by atoms with Gasteiger partial charge in [-0.1, -0.05) is 76.2 Å². The number of hydrogen-bond donors (Lipinski definition) is 0. The first-order valence-corrected chi connectivity index (χ1v) is 10.5. The molecular formula is C26H25N3O. The second kappa shape index (κ2) is 7.13. The molecule has 5 aromatic rings. The second-order valence-corrected chi connectivity index (χ2v) is 8.33. The van der Waals surface area contributed by atoms with E-state index in [1.54, 1.807) is 0 Å². The highest BCUT2D eigenvalue weighted by atomic mass is 16.3. The minimum atomic E-state index is 0.237. The minimum absolute atomic E-state index is 0.237. The third-order valence-electron chi connectivity index (χ3n) is 5.56. The molecule has 3 aromatic heterocycles. The van der Waals surface area contributed by atoms with Gasteiger partial charge in [0, 0.05) is 23.3 Å². The van der Waals surface area contributed by atoms with Crippen molar-refractivity contribution in [3.63, 3.8) is 0 Å². The molecule has 0 aliphatic heterocycles. The van der Waals surface area contributed by atoms with Gasteiger partial charge in [-0.15, -0.1) is 0 Å². The number of nitrogens with zero attached hydrogens (tertiary/aromatic N) is 3. The quantitative estimate of drug-likeness (QED) is 0.326. The van der Waals surface area contributed by atoms with Gasteiger partial charge in [-0.25, -0.2) is 4.98 Å². The topological polar surface area (TPSA) is 43.9 Å². The van der Waals surface area contributed by atoms with E-state index in [4.69, 9.17) is 9.40 Å². The smallest absolute Gasteiger partial charge is 0.163 e. The molecule has 3 heterocycles. The molecule has 0 atom stereocenters. The lowest BCUT2D eigenvalue weighted by atomic mass is 9.98. The molecule has 150 valence electrons. The Morgan fingerprint density at radius 2 is 1.53 bits per heavy atom. The van der Waals surface area contributed by atoms with Crippen molar-refractivity contribution in [3.8, 4) is 17.1 Å². The summed E-state index contributed by atoms with van der Waals surface area (Å²) in [5.74, 6) is 1.41. The Hall–Kier alpha value is -3.40. The number of rotatable bonds is 4. The molecule has 0 amide bonds. The van der Waals surface area contributed by atoms with E-state index < -0.39 is 0 Å². The maximum atomic E-state index is 6.49. The summed E-state index contributed by atoms with van der Waals surface area (Å²) in [4.78, 5) is 9.88. The fraction of sp³-hybridized carbons (Fsp3) is 0.231. The number of para-hydroxylation sites is 1. The van der Waals surface area contributed by atoms with Crippen molar-refractivity contribution in [2.24, 2.45) is 0 Å². The van der Waals surface area contributed by atoms with Crippen LogP contribution in [0.3, 0.4) is 0 Å². The van der Waals surface area contributed by atoms with E-state index in [0.29, 0.717) is 0 Å². The summed E-state index contributed by atoms with van der Waals surface area (Å²) < 4.78 is 8.62. The van der Waals surface area contributed by atoms with E-state index in [1.807, 2.05) is 42.7 Å². The largest absolute Gasteiger partial charge is 0.454 e. The van der Waals surface area contributed by atoms with Crippen LogP contribution in [0.5, 0.6) is 0 Å². The van der Waals surface area contributed by atoms with Gasteiger partial charge >= 0.3 is 0 Å². The van der Waals surface area contributed by atoms with Crippen molar-refractivity contribution in [3.05, 3.63) is 78.4 Å². The normalized spacial score (nSPS) is 11.9. The Bertz CT molecular complexity index is 1340. The van der Waals surface area contributed by atoms with Crippen molar-refractivity contribution in [1.29, 1.82) is 0 Å². The molecule has 0 aliphatic rings. The molecule has 0 bridgehead atoms. The number of aromatic nitrogens is 3. The summed E-state index contributed by atoms with van der Waals surface area (Å²) in [6.07, 6.45) is 3.85. The van der Waals surface area contributed by atoms with Crippen LogP contribution < -0.4 is 0 Å². The molecule has 0 aliphatic carbocycles. The van der Waals surface area contributed by atoms with Crippen LogP contribution in [0, 0.1) is 0 Å². The third kappa shape index (κ3) is 2.83. The van der Waals surface area contributed by atoms with Gasteiger partial charge < -0.3 is 4.42 Å². The van der Waals surface area contributed by atoms with E-state index in [1.165, 1.54) is 0 Å². The average molecular weight is 396 g/mol. The Morgan fingerprint density at radius 3 is 2.27 bits per heavy atom. The molecular weight excluding hydrogens is 370 g/mol. The van der Waals surface area contributed by atoms with Crippen LogP contribution in [0.25, 0.3) is 39.0 Å². The summed E-state index contributed by atoms with van der Waals surface area (Å²) in [7, 11) is 0. The fourth-order valence-corrected chi connectivity index (χ4v) is 4.16. The van der Waals surface area contributed by atoms with E-state index in [2.05, 4.69) is 61.5 Å². The molecule has 5 rings (SSSR count). The van der Waals surface area contributed by atoms with Gasteiger partial charge in [0.25, 0.3) is 0 Å². The zero-order valence-electron chi connectivity index (χ0n) is 17.8. The van der Waals surface area contributed by atoms with Crippen molar-refractivity contribution in [1.82, 2.24) is 14.5 Å². The van der Waals surface area contributed by atoms with Gasteiger partial charge in [0.05, 0.1) is 16.8 Å². The highest BCUT2D eigenvalue weighted by Crippen LogP contribution is 2.40. The van der Waals surface area contributed by atoms with Crippen LogP contribution in [0.15, 0.2) is 71.4 Å². The maximum absolute atomic E-state index is 6.49. The monoisotopic (exact) mass is 395 g/mol. The lowest BCUT2D eigenvalue weighted by Gasteiger charge is -2.18. The molecule has 4 nitrogen and oxygen atoms in total. The first-order valence-electron chi connectivity index (χ1n) is 10.5. The second-order valence-electron chi connectivity index (χ2n) is 8.33. The number of fused-ring (bicyclic) bond motifs is 3. The van der Waals surface area contributed by atoms with Crippen LogP contribution in [0.2, 0.25) is 0 Å².